The van der Waals surface area contributed by atoms with Gasteiger partial charge in [-0.25, -0.2) is 0 Å². The summed E-state index contributed by atoms with van der Waals surface area (Å²) in [5, 5.41) is 1.37. The fourth-order valence-corrected chi connectivity index (χ4v) is 6.01. The van der Waals surface area contributed by atoms with Crippen LogP contribution in [-0.2, 0) is 0 Å². The van der Waals surface area contributed by atoms with E-state index in [9.17, 15) is 5.48 Å². The Hall–Kier alpha value is -5.92. The highest BCUT2D eigenvalue weighted by Gasteiger charge is 2.20. The van der Waals surface area contributed by atoms with E-state index in [0.29, 0.717) is 32.7 Å². The van der Waals surface area contributed by atoms with Gasteiger partial charge in [0.25, 0.3) is 0 Å². The molecular formula is C44H28O. The van der Waals surface area contributed by atoms with Gasteiger partial charge in [-0.2, -0.15) is 0 Å². The van der Waals surface area contributed by atoms with E-state index in [1.54, 1.807) is 78.9 Å². The third-order valence-electron chi connectivity index (χ3n) is 7.93. The number of furan rings is 1. The molecule has 0 radical (unpaired) electrons. The van der Waals surface area contributed by atoms with Crippen molar-refractivity contribution in [1.29, 1.82) is 0 Å². The van der Waals surface area contributed by atoms with Gasteiger partial charge >= 0.3 is 0 Å². The Labute approximate surface area is 282 Å². The first-order valence-corrected chi connectivity index (χ1v) is 14.2. The summed E-state index contributed by atoms with van der Waals surface area (Å²) in [4.78, 5) is 0. The van der Waals surface area contributed by atoms with Gasteiger partial charge in [0.1, 0.15) is 11.2 Å². The summed E-state index contributed by atoms with van der Waals surface area (Å²) in [7, 11) is 0. The average molecular weight is 588 g/mol. The average Bonchev–Trinajstić information content (AvgIpc) is 3.66. The van der Waals surface area contributed by atoms with Gasteiger partial charge in [0.05, 0.1) is 20.6 Å². The molecule has 0 aliphatic rings. The fraction of sp³-hybridized carbons (Fsp3) is 0. The van der Waals surface area contributed by atoms with E-state index in [1.165, 1.54) is 0 Å². The van der Waals surface area contributed by atoms with E-state index in [1.807, 2.05) is 0 Å². The number of benzene rings is 8. The van der Waals surface area contributed by atoms with Gasteiger partial charge in [-0.05, 0) is 84.7 Å². The Morgan fingerprint density at radius 2 is 0.956 bits per heavy atom. The topological polar surface area (TPSA) is 13.1 Å². The van der Waals surface area contributed by atoms with Gasteiger partial charge in [-0.15, -0.1) is 0 Å². The van der Waals surface area contributed by atoms with E-state index in [2.05, 4.69) is 0 Å². The number of fused-ring (bicyclic) bond motifs is 5. The van der Waals surface area contributed by atoms with Crippen molar-refractivity contribution in [2.24, 2.45) is 0 Å². The van der Waals surface area contributed by atoms with Crippen LogP contribution in [0, 0.1) is 0 Å². The Bertz CT molecular complexity index is 3290. The molecule has 45 heavy (non-hydrogen) atoms. The molecule has 1 aromatic heterocycles. The second-order valence-corrected chi connectivity index (χ2v) is 10.5. The molecule has 0 unspecified atom stereocenters. The van der Waals surface area contributed by atoms with Crippen molar-refractivity contribution in [3.05, 3.63) is 169 Å². The van der Waals surface area contributed by atoms with E-state index < -0.39 is 72.0 Å². The Morgan fingerprint density at radius 1 is 0.378 bits per heavy atom. The van der Waals surface area contributed by atoms with Gasteiger partial charge < -0.3 is 4.42 Å². The minimum absolute atomic E-state index is 0.0816. The first kappa shape index (κ1) is 14.7. The molecule has 0 atom stereocenters. The summed E-state index contributed by atoms with van der Waals surface area (Å²) >= 11 is 0. The molecule has 0 saturated heterocycles. The standard InChI is InChI=1S/C44H28O/c1-3-14-29(15-4-1)31-18-13-19-32(26-31)42-35-21-7-9-23-37(35)43(38-24-10-8-22-36(38)42)33-27-39(30-16-5-2-6-17-30)44-40(28-33)34-20-11-12-25-41(34)45-44/h1-28H/i2D,5D,6D,11D,12D,13D,16D,17D,18D,19D,20D,25D,26D,27D,28D. The SMILES string of the molecule is [2H]c1c([2H])c([2H])c(-c2c([2H])c(-c3c4ccccc4c(-c4c([2H])c([2H])c([2H])c(-c5ccccc5)c4[2H])c4ccccc34)c([2H])c3c2oc2c([2H])c([2H])c([2H])c([2H])c23)c([2H])c1[2H]. The summed E-state index contributed by atoms with van der Waals surface area (Å²) in [5.74, 6) is 0. The lowest BCUT2D eigenvalue weighted by Crippen LogP contribution is -1.92. The maximum Gasteiger partial charge on any atom is 0.143 e. The Kier molecular flexibility index (Phi) is 3.39. The Balaban J connectivity index is 1.52. The predicted octanol–water partition coefficient (Wildman–Crippen LogP) is 12.6. The zero-order valence-electron chi connectivity index (χ0n) is 38.4. The van der Waals surface area contributed by atoms with E-state index in [4.69, 9.17) is 19.5 Å². The predicted molar refractivity (Wildman–Crippen MR) is 190 cm³/mol. The third kappa shape index (κ3) is 4.17. The molecule has 8 aromatic carbocycles. The first-order valence-electron chi connectivity index (χ1n) is 21.7. The number of rotatable bonds is 4. The lowest BCUT2D eigenvalue weighted by molar-refractivity contribution is 0.670. The van der Waals surface area contributed by atoms with Crippen LogP contribution in [0.25, 0.3) is 88.0 Å². The van der Waals surface area contributed by atoms with Gasteiger partial charge in [0.15, 0.2) is 0 Å². The van der Waals surface area contributed by atoms with Gasteiger partial charge in [0, 0.05) is 16.3 Å². The molecule has 1 heteroatoms. The van der Waals surface area contributed by atoms with Crippen LogP contribution in [0.3, 0.4) is 0 Å². The number of hydrogen-bond donors (Lipinski definition) is 0. The van der Waals surface area contributed by atoms with Crippen molar-refractivity contribution in [3.63, 3.8) is 0 Å². The smallest absolute Gasteiger partial charge is 0.143 e. The summed E-state index contributed by atoms with van der Waals surface area (Å²) < 4.78 is 140. The van der Waals surface area contributed by atoms with E-state index >= 15 is 0 Å². The molecule has 0 bridgehead atoms. The van der Waals surface area contributed by atoms with Crippen molar-refractivity contribution in [3.8, 4) is 44.5 Å². The maximum absolute atomic E-state index is 9.92. The van der Waals surface area contributed by atoms with Gasteiger partial charge in [-0.3, -0.25) is 0 Å². The molecule has 9 aromatic rings. The van der Waals surface area contributed by atoms with E-state index in [0.717, 1.165) is 0 Å². The zero-order chi connectivity index (χ0) is 42.8. The summed E-state index contributed by atoms with van der Waals surface area (Å²) in [5.41, 5.74) is -0.109. The number of para-hydroxylation sites is 1. The highest BCUT2D eigenvalue weighted by atomic mass is 16.3. The Morgan fingerprint density at radius 3 is 1.67 bits per heavy atom. The largest absolute Gasteiger partial charge is 0.455 e. The molecule has 0 saturated carbocycles. The van der Waals surface area contributed by atoms with Crippen molar-refractivity contribution >= 4 is 43.5 Å². The molecule has 0 fully saturated rings. The number of hydrogen-bond acceptors (Lipinski definition) is 1. The van der Waals surface area contributed by atoms with Gasteiger partial charge in [-0.1, -0.05) is 145 Å². The normalized spacial score (nSPS) is 16.2. The second kappa shape index (κ2) is 10.4. The molecule has 0 aliphatic heterocycles. The molecule has 1 nitrogen and oxygen atoms in total. The van der Waals surface area contributed by atoms with Crippen molar-refractivity contribution in [2.75, 3.05) is 0 Å². The molecule has 9 rings (SSSR count). The third-order valence-corrected chi connectivity index (χ3v) is 7.93. The molecule has 0 amide bonds. The zero-order valence-corrected chi connectivity index (χ0v) is 23.4. The molecule has 210 valence electrons. The van der Waals surface area contributed by atoms with Gasteiger partial charge in [0.2, 0.25) is 0 Å². The summed E-state index contributed by atoms with van der Waals surface area (Å²) in [6, 6.07) is 14.8. The van der Waals surface area contributed by atoms with Crippen molar-refractivity contribution in [2.45, 2.75) is 0 Å². The van der Waals surface area contributed by atoms with Crippen LogP contribution < -0.4 is 0 Å². The minimum atomic E-state index is -0.699. The fourth-order valence-electron chi connectivity index (χ4n) is 6.01. The summed E-state index contributed by atoms with van der Waals surface area (Å²) in [6.07, 6.45) is 0. The maximum atomic E-state index is 9.92. The van der Waals surface area contributed by atoms with Crippen LogP contribution in [0.5, 0.6) is 0 Å². The van der Waals surface area contributed by atoms with Crippen LogP contribution >= 0.6 is 0 Å². The lowest BCUT2D eigenvalue weighted by Gasteiger charge is -2.19. The highest BCUT2D eigenvalue weighted by Crippen LogP contribution is 2.47. The monoisotopic (exact) mass is 587 g/mol. The van der Waals surface area contributed by atoms with Crippen LogP contribution in [0.2, 0.25) is 0 Å². The molecule has 0 spiro atoms. The molecule has 1 heterocycles. The quantitative estimate of drug-likeness (QED) is 0.187. The van der Waals surface area contributed by atoms with Crippen molar-refractivity contribution < 1.29 is 25.0 Å². The second-order valence-electron chi connectivity index (χ2n) is 10.5. The van der Waals surface area contributed by atoms with Crippen LogP contribution in [0.15, 0.2) is 174 Å². The lowest BCUT2D eigenvalue weighted by atomic mass is 9.84. The van der Waals surface area contributed by atoms with E-state index in [-0.39, 0.29) is 73.9 Å². The first-order chi connectivity index (χ1) is 28.6. The molecular weight excluding hydrogens is 544 g/mol. The summed E-state index contributed by atoms with van der Waals surface area (Å²) in [6.45, 7) is 0. The van der Waals surface area contributed by atoms with Crippen LogP contribution in [-0.4, -0.2) is 0 Å². The highest BCUT2D eigenvalue weighted by molar-refractivity contribution is 6.23. The molecule has 0 N–H and O–H groups in total. The van der Waals surface area contributed by atoms with Crippen LogP contribution in [0.4, 0.5) is 0 Å². The minimum Gasteiger partial charge on any atom is -0.455 e. The molecule has 0 aliphatic carbocycles. The van der Waals surface area contributed by atoms with Crippen molar-refractivity contribution in [1.82, 2.24) is 0 Å². The van der Waals surface area contributed by atoms with Crippen LogP contribution in [0.1, 0.15) is 20.6 Å².